The molecule has 0 fully saturated rings. The molecule has 384 valence electrons. The predicted molar refractivity (Wildman–Crippen MR) is 214 cm³/mol. The van der Waals surface area contributed by atoms with Crippen LogP contribution in [0.2, 0.25) is 0 Å². The Labute approximate surface area is 386 Å². The second-order valence-electron chi connectivity index (χ2n) is 15.5. The number of alkyl halides is 24. The molecule has 6 aromatic carbocycles. The second-order valence-corrected chi connectivity index (χ2v) is 17.2. The molecule has 0 radical (unpaired) electrons. The van der Waals surface area contributed by atoms with Crippen LogP contribution in [0.1, 0.15) is 44.5 Å². The zero-order valence-corrected chi connectivity index (χ0v) is 35.8. The van der Waals surface area contributed by atoms with Gasteiger partial charge in [0.2, 0.25) is 0 Å². The smallest absolute Gasteiger partial charge is 0.286 e. The van der Waals surface area contributed by atoms with E-state index >= 15 is 0 Å². The fourth-order valence-corrected chi connectivity index (χ4v) is 8.02. The number of halogens is 24. The standard InChI is InChI=1S/C32H12BF24.C12H13OS/c34-25(35,36)13-1-14(26(37,38)39)6-21(5-13)33(22-7-15(27(40,41)42)2-16(8-22)28(43,44)45,23-9-17(29(46,47)48)3-18(10-23)30(49,50)51)24-11-19(31(52,53)54)4-20(12-24)32(55,56)57;1-14(2)13-12-9-5-7-10-6-3-4-8-11(10)12/h1-12H;3-9H,1-2H3/q-1;+1. The molecule has 0 amide bonds. The summed E-state index contributed by atoms with van der Waals surface area (Å²) in [5, 5.41) is 2.42. The first-order valence-corrected chi connectivity index (χ1v) is 21.1. The Morgan fingerprint density at radius 2 is 0.535 bits per heavy atom. The Morgan fingerprint density at radius 1 is 0.310 bits per heavy atom. The van der Waals surface area contributed by atoms with Gasteiger partial charge < -0.3 is 0 Å². The van der Waals surface area contributed by atoms with Crippen molar-refractivity contribution in [2.24, 2.45) is 0 Å². The van der Waals surface area contributed by atoms with Gasteiger partial charge in [-0.1, -0.05) is 84.9 Å². The minimum absolute atomic E-state index is 0.0226. The van der Waals surface area contributed by atoms with E-state index in [9.17, 15) is 105 Å². The van der Waals surface area contributed by atoms with E-state index in [1.54, 1.807) is 0 Å². The number of hydrogen-bond acceptors (Lipinski definition) is 1. The Morgan fingerprint density at radius 3 is 0.761 bits per heavy atom. The Bertz CT molecular complexity index is 2440. The molecule has 0 heterocycles. The maximum absolute atomic E-state index is 14.2. The highest BCUT2D eigenvalue weighted by molar-refractivity contribution is 7.91. The van der Waals surface area contributed by atoms with Gasteiger partial charge in [-0.05, 0) is 35.7 Å². The highest BCUT2D eigenvalue weighted by Gasteiger charge is 2.47. The van der Waals surface area contributed by atoms with Crippen LogP contribution in [0.5, 0.6) is 5.75 Å². The molecule has 0 unspecified atom stereocenters. The zero-order valence-electron chi connectivity index (χ0n) is 34.9. The van der Waals surface area contributed by atoms with Crippen LogP contribution in [-0.2, 0) is 60.6 Å². The highest BCUT2D eigenvalue weighted by atomic mass is 32.2. The topological polar surface area (TPSA) is 9.23 Å². The second kappa shape index (κ2) is 18.9. The minimum Gasteiger partial charge on any atom is -0.286 e. The first-order valence-electron chi connectivity index (χ1n) is 19.1. The van der Waals surface area contributed by atoms with E-state index in [1.807, 2.05) is 24.3 Å². The van der Waals surface area contributed by atoms with Crippen molar-refractivity contribution in [3.05, 3.63) is 160 Å². The van der Waals surface area contributed by atoms with Crippen LogP contribution in [0.25, 0.3) is 10.8 Å². The Hall–Kier alpha value is -5.89. The largest absolute Gasteiger partial charge is 0.416 e. The molecule has 27 heteroatoms. The van der Waals surface area contributed by atoms with Gasteiger partial charge in [0.15, 0.2) is 16.9 Å². The van der Waals surface area contributed by atoms with Crippen molar-refractivity contribution in [1.82, 2.24) is 0 Å². The van der Waals surface area contributed by atoms with Crippen molar-refractivity contribution in [3.63, 3.8) is 0 Å². The molecule has 1 nitrogen and oxygen atoms in total. The molecule has 6 aromatic rings. The first-order chi connectivity index (χ1) is 32.0. The van der Waals surface area contributed by atoms with Gasteiger partial charge in [0.25, 0.3) is 0 Å². The van der Waals surface area contributed by atoms with E-state index in [2.05, 4.69) is 30.7 Å². The summed E-state index contributed by atoms with van der Waals surface area (Å²) in [5.41, 5.74) is -30.2. The lowest BCUT2D eigenvalue weighted by Crippen LogP contribution is -2.75. The lowest BCUT2D eigenvalue weighted by atomic mass is 9.12. The number of rotatable bonds is 6. The molecule has 6 rings (SSSR count). The molecule has 0 aliphatic carbocycles. The maximum Gasteiger partial charge on any atom is 0.416 e. The molecular weight excluding hydrogens is 1040 g/mol. The molecule has 71 heavy (non-hydrogen) atoms. The third-order valence-electron chi connectivity index (χ3n) is 10.4. The van der Waals surface area contributed by atoms with Crippen LogP contribution < -0.4 is 26.0 Å². The summed E-state index contributed by atoms with van der Waals surface area (Å²) in [7, 11) is 0. The summed E-state index contributed by atoms with van der Waals surface area (Å²) < 4.78 is 347. The summed E-state index contributed by atoms with van der Waals surface area (Å²) in [6.45, 7) is 0. The molecule has 0 atom stereocenters. The van der Waals surface area contributed by atoms with Crippen LogP contribution in [0.3, 0.4) is 0 Å². The molecule has 0 bridgehead atoms. The average Bonchev–Trinajstić information content (AvgIpc) is 3.21. The third-order valence-corrected chi connectivity index (χ3v) is 11.0. The van der Waals surface area contributed by atoms with Gasteiger partial charge in [-0.25, -0.2) is 0 Å². The predicted octanol–water partition coefficient (Wildman–Crippen LogP) is 14.2. The van der Waals surface area contributed by atoms with Gasteiger partial charge in [-0.15, -0.1) is 0 Å². The SMILES string of the molecule is C[S+](C)Oc1cccc2ccccc12.FC(F)(F)c1cc([B-](c2cc(C(F)(F)F)cc(C(F)(F)F)c2)(c2cc(C(F)(F)F)cc(C(F)(F)F)c2)c2cc(C(F)(F)F)cc(C(F)(F)F)c2)cc(C(F)(F)F)c1. The number of hydrogen-bond donors (Lipinski definition) is 0. The van der Waals surface area contributed by atoms with E-state index in [1.165, 1.54) is 10.8 Å². The summed E-state index contributed by atoms with van der Waals surface area (Å²) in [5.74, 6) is 0.983. The molecule has 0 N–H and O–H groups in total. The zero-order chi connectivity index (χ0) is 53.9. The van der Waals surface area contributed by atoms with Crippen LogP contribution in [0, 0.1) is 0 Å². The van der Waals surface area contributed by atoms with E-state index in [0.29, 0.717) is 0 Å². The highest BCUT2D eigenvalue weighted by Crippen LogP contribution is 2.41. The third kappa shape index (κ3) is 12.8. The lowest BCUT2D eigenvalue weighted by molar-refractivity contribution is -0.144. The lowest BCUT2D eigenvalue weighted by Gasteiger charge is -2.46. The summed E-state index contributed by atoms with van der Waals surface area (Å²) in [6, 6.07) is 5.63. The quantitative estimate of drug-likeness (QED) is 0.0918. The van der Waals surface area contributed by atoms with Crippen LogP contribution in [-0.4, -0.2) is 18.7 Å². The molecule has 0 saturated heterocycles. The van der Waals surface area contributed by atoms with E-state index in [0.717, 1.165) is 5.75 Å². The molecule has 0 spiro atoms. The van der Waals surface area contributed by atoms with Crippen molar-refractivity contribution in [2.75, 3.05) is 12.5 Å². The number of fused-ring (bicyclic) bond motifs is 1. The van der Waals surface area contributed by atoms with Crippen LogP contribution >= 0.6 is 0 Å². The molecule has 0 aromatic heterocycles. The van der Waals surface area contributed by atoms with Gasteiger partial charge >= 0.3 is 49.4 Å². The molecular formula is C44H25BF24OS. The van der Waals surface area contributed by atoms with E-state index in [4.69, 9.17) is 4.18 Å². The summed E-state index contributed by atoms with van der Waals surface area (Å²) in [6.07, 6.45) is -50.7. The monoisotopic (exact) mass is 1070 g/mol. The van der Waals surface area contributed by atoms with Crippen molar-refractivity contribution in [2.45, 2.75) is 49.4 Å². The van der Waals surface area contributed by atoms with E-state index < -0.39 is 195 Å². The van der Waals surface area contributed by atoms with Gasteiger partial charge in [0.1, 0.15) is 18.7 Å². The first kappa shape index (κ1) is 56.0. The fourth-order valence-electron chi connectivity index (χ4n) is 7.52. The normalized spacial score (nSPS) is 13.6. The van der Waals surface area contributed by atoms with Crippen LogP contribution in [0.15, 0.2) is 115 Å². The van der Waals surface area contributed by atoms with Gasteiger partial charge in [-0.3, -0.25) is 4.18 Å². The number of benzene rings is 6. The summed E-state index contributed by atoms with van der Waals surface area (Å²) >= 11 is -0.0226. The summed E-state index contributed by atoms with van der Waals surface area (Å²) in [4.78, 5) is 0. The Kier molecular flexibility index (Phi) is 15.0. The van der Waals surface area contributed by atoms with Gasteiger partial charge in [-0.2, -0.15) is 127 Å². The minimum atomic E-state index is -6.13. The van der Waals surface area contributed by atoms with Crippen molar-refractivity contribution >= 4 is 49.9 Å². The van der Waals surface area contributed by atoms with Gasteiger partial charge in [0.05, 0.1) is 44.5 Å². The van der Waals surface area contributed by atoms with Crippen molar-refractivity contribution in [1.29, 1.82) is 0 Å². The van der Waals surface area contributed by atoms with Gasteiger partial charge in [0, 0.05) is 5.39 Å². The van der Waals surface area contributed by atoms with E-state index in [-0.39, 0.29) is 11.2 Å². The Balaban J connectivity index is 0.000000569. The maximum atomic E-state index is 14.2. The molecule has 0 aliphatic rings. The fraction of sp³-hybridized carbons (Fsp3) is 0.227. The molecule has 0 aliphatic heterocycles. The molecule has 0 saturated carbocycles. The van der Waals surface area contributed by atoms with Crippen molar-refractivity contribution < 1.29 is 110 Å². The van der Waals surface area contributed by atoms with Crippen LogP contribution in [0.4, 0.5) is 105 Å². The van der Waals surface area contributed by atoms with Crippen molar-refractivity contribution in [3.8, 4) is 5.75 Å². The average molecular weight is 1070 g/mol.